The molecule has 1 aliphatic heterocycles. The number of ether oxygens (including phenoxy) is 1. The second-order valence-corrected chi connectivity index (χ2v) is 18.2. The first-order chi connectivity index (χ1) is 30.2. The Labute approximate surface area is 375 Å². The summed E-state index contributed by atoms with van der Waals surface area (Å²) in [5.74, 6) is -6.00. The van der Waals surface area contributed by atoms with Gasteiger partial charge in [-0.15, -0.1) is 0 Å². The summed E-state index contributed by atoms with van der Waals surface area (Å²) in [5.41, 5.74) is 4.59. The Kier molecular flexibility index (Phi) is 21.0. The fraction of sp³-hybridized carbons (Fsp3) is 0.652. The smallest absolute Gasteiger partial charge is 0.336 e. The van der Waals surface area contributed by atoms with E-state index in [9.17, 15) is 43.5 Å². The number of piperidine rings is 1. The van der Waals surface area contributed by atoms with Crippen molar-refractivity contribution in [1.29, 1.82) is 0 Å². The van der Waals surface area contributed by atoms with Crippen LogP contribution in [-0.2, 0) is 33.5 Å². The molecule has 0 aromatic heterocycles. The number of methoxy groups -OCH3 is 1. The number of nitro groups is 1. The Bertz CT molecular complexity index is 1850. The number of carbonyl (C=O) groups excluding carboxylic acids is 7. The molecule has 2 saturated carbocycles. The van der Waals surface area contributed by atoms with Gasteiger partial charge in [-0.2, -0.15) is 0 Å². The first kappa shape index (κ1) is 52.7. The number of hydrogen-bond donors (Lipinski definition) is 5. The van der Waals surface area contributed by atoms with Crippen LogP contribution in [0.2, 0.25) is 0 Å². The Hall–Kier alpha value is -5.68. The van der Waals surface area contributed by atoms with E-state index in [1.807, 2.05) is 0 Å². The molecule has 64 heavy (non-hydrogen) atoms. The average Bonchev–Trinajstić information content (AvgIpc) is 3.26. The van der Waals surface area contributed by atoms with Crippen molar-refractivity contribution in [3.63, 3.8) is 0 Å². The highest BCUT2D eigenvalue weighted by atomic mass is 16.6. The first-order valence-electron chi connectivity index (χ1n) is 22.4. The van der Waals surface area contributed by atoms with Crippen LogP contribution in [0.5, 0.6) is 0 Å². The molecule has 18 heteroatoms. The normalized spacial score (nSPS) is 19.1. The summed E-state index contributed by atoms with van der Waals surface area (Å²) in [5, 5.41) is 26.9. The predicted molar refractivity (Wildman–Crippen MR) is 236 cm³/mol. The lowest BCUT2D eigenvalue weighted by Gasteiger charge is -2.39. The first-order valence-corrected chi connectivity index (χ1v) is 22.4. The number of nitrogens with zero attached hydrogens (tertiary/aromatic N) is 2. The topological polar surface area (TPSA) is 275 Å². The lowest BCUT2D eigenvalue weighted by molar-refractivity contribution is -0.445. The third kappa shape index (κ3) is 16.5. The molecule has 0 radical (unpaired) electrons. The number of primary amides is 1. The van der Waals surface area contributed by atoms with Crippen molar-refractivity contribution < 1.29 is 53.1 Å². The molecular formula is C46H68N6O12. The van der Waals surface area contributed by atoms with Crippen LogP contribution in [-0.4, -0.2) is 108 Å². The molecule has 0 bridgehead atoms. The Balaban J connectivity index is 0.00000261. The molecule has 1 heterocycles. The van der Waals surface area contributed by atoms with Gasteiger partial charge in [0.25, 0.3) is 5.91 Å². The number of hydrogen-bond acceptors (Lipinski definition) is 11. The van der Waals surface area contributed by atoms with Gasteiger partial charge >= 0.3 is 11.9 Å². The number of esters is 1. The SMILES string of the molecule is COC(=O)/C=C/CC[C@H](NC(=O)c1ccccc1C(=O)O)C(=O)N[C@H](C(=O)N1CCC[C@@H](C(=O)C[C@H](C(=O)N[C@H](C(N)=O)C2CCCCC2)C2CCCCC2)C1)C(C)(C)C.C[N+](=O)[O-]. The van der Waals surface area contributed by atoms with Gasteiger partial charge in [0.05, 0.1) is 18.2 Å². The highest BCUT2D eigenvalue weighted by Gasteiger charge is 2.41. The standard InChI is InChI=1S/C45H65N5O10.CH3NO2/c1-45(2,3)38(49-42(56)34(23-13-14-24-36(52)60-4)47-40(54)31-21-11-12-22-32(31)44(58)59)43(57)50-25-15-20-30(27-50)35(51)26-33(28-16-7-5-8-17-28)41(55)48-37(39(46)53)29-18-9-6-10-19-29;1-2(3)4/h11-12,14,21-22,24,28-30,33-34,37-38H,5-10,13,15-20,23,25-27H2,1-4H3,(H2,46,53)(H,47,54)(H,48,55)(H,49,56)(H,58,59);1H3/b24-14+;/t30-,33+,34+,37+,38-;/m1./s1. The van der Waals surface area contributed by atoms with Gasteiger partial charge < -0.3 is 36.4 Å². The molecule has 1 aromatic carbocycles. The van der Waals surface area contributed by atoms with E-state index in [1.165, 1.54) is 43.5 Å². The molecule has 3 fully saturated rings. The van der Waals surface area contributed by atoms with E-state index in [4.69, 9.17) is 15.8 Å². The van der Waals surface area contributed by atoms with Gasteiger partial charge in [-0.05, 0) is 80.8 Å². The van der Waals surface area contributed by atoms with Crippen molar-refractivity contribution in [2.45, 2.75) is 135 Å². The predicted octanol–water partition coefficient (Wildman–Crippen LogP) is 4.36. The maximum atomic E-state index is 14.4. The van der Waals surface area contributed by atoms with E-state index in [1.54, 1.807) is 25.7 Å². The van der Waals surface area contributed by atoms with E-state index in [2.05, 4.69) is 20.7 Å². The van der Waals surface area contributed by atoms with Gasteiger partial charge in [-0.3, -0.25) is 38.9 Å². The summed E-state index contributed by atoms with van der Waals surface area (Å²) < 4.78 is 4.63. The van der Waals surface area contributed by atoms with E-state index >= 15 is 0 Å². The van der Waals surface area contributed by atoms with Crippen LogP contribution in [0, 0.1) is 39.2 Å². The fourth-order valence-electron chi connectivity index (χ4n) is 8.94. The number of rotatable bonds is 18. The summed E-state index contributed by atoms with van der Waals surface area (Å²) in [7, 11) is 2.11. The molecule has 2 aliphatic carbocycles. The van der Waals surface area contributed by atoms with E-state index < -0.39 is 75.9 Å². The van der Waals surface area contributed by atoms with E-state index in [-0.39, 0.29) is 60.5 Å². The number of aromatic carboxylic acids is 1. The summed E-state index contributed by atoms with van der Waals surface area (Å²) >= 11 is 0. The number of ketones is 1. The van der Waals surface area contributed by atoms with Crippen molar-refractivity contribution in [1.82, 2.24) is 20.9 Å². The third-order valence-corrected chi connectivity index (χ3v) is 12.4. The number of nitrogens with one attached hydrogen (secondary N) is 3. The van der Waals surface area contributed by atoms with Crippen molar-refractivity contribution in [2.24, 2.45) is 34.8 Å². The average molecular weight is 897 g/mol. The van der Waals surface area contributed by atoms with Crippen LogP contribution in [0.25, 0.3) is 0 Å². The van der Waals surface area contributed by atoms with Crippen molar-refractivity contribution in [3.8, 4) is 0 Å². The van der Waals surface area contributed by atoms with Crippen molar-refractivity contribution in [3.05, 3.63) is 57.7 Å². The minimum atomic E-state index is -1.32. The molecule has 1 saturated heterocycles. The van der Waals surface area contributed by atoms with Crippen LogP contribution in [0.1, 0.15) is 138 Å². The Morgan fingerprint density at radius 3 is 2.00 bits per heavy atom. The number of benzene rings is 1. The second-order valence-electron chi connectivity index (χ2n) is 18.2. The number of carboxylic acid groups (broad SMARTS) is 1. The molecular weight excluding hydrogens is 829 g/mol. The zero-order chi connectivity index (χ0) is 47.6. The van der Waals surface area contributed by atoms with Gasteiger partial charge in [-0.25, -0.2) is 9.59 Å². The Morgan fingerprint density at radius 2 is 1.45 bits per heavy atom. The maximum absolute atomic E-state index is 14.4. The molecule has 6 N–H and O–H groups in total. The third-order valence-electron chi connectivity index (χ3n) is 12.4. The summed E-state index contributed by atoms with van der Waals surface area (Å²) in [6, 6.07) is 2.50. The highest BCUT2D eigenvalue weighted by molar-refractivity contribution is 6.06. The highest BCUT2D eigenvalue weighted by Crippen LogP contribution is 2.35. The number of Topliss-reactive ketones (excluding diaryl/α,β-unsaturated/α-hetero) is 1. The number of likely N-dealkylation sites (tertiary alicyclic amines) is 1. The number of allylic oxidation sites excluding steroid dienone is 1. The molecule has 0 unspecified atom stereocenters. The summed E-state index contributed by atoms with van der Waals surface area (Å²) in [6.45, 7) is 5.83. The lowest BCUT2D eigenvalue weighted by Crippen LogP contribution is -2.59. The Morgan fingerprint density at radius 1 is 0.875 bits per heavy atom. The number of carbonyl (C=O) groups is 8. The molecule has 5 atom stereocenters. The van der Waals surface area contributed by atoms with E-state index in [0.717, 1.165) is 71.3 Å². The van der Waals surface area contributed by atoms with Gasteiger partial charge in [0, 0.05) is 42.3 Å². The summed E-state index contributed by atoms with van der Waals surface area (Å²) in [6.07, 6.45) is 13.2. The minimum Gasteiger partial charge on any atom is -0.478 e. The van der Waals surface area contributed by atoms with Crippen LogP contribution in [0.3, 0.4) is 0 Å². The quantitative estimate of drug-likeness (QED) is 0.0595. The van der Waals surface area contributed by atoms with Crippen LogP contribution >= 0.6 is 0 Å². The van der Waals surface area contributed by atoms with Gasteiger partial charge in [0.2, 0.25) is 23.6 Å². The monoisotopic (exact) mass is 896 g/mol. The lowest BCUT2D eigenvalue weighted by atomic mass is 9.75. The molecule has 5 amide bonds. The van der Waals surface area contributed by atoms with Gasteiger partial charge in [0.15, 0.2) is 7.05 Å². The number of amides is 5. The van der Waals surface area contributed by atoms with Gasteiger partial charge in [0.1, 0.15) is 23.9 Å². The van der Waals surface area contributed by atoms with Crippen LogP contribution in [0.15, 0.2) is 36.4 Å². The minimum absolute atomic E-state index is 0.00221. The van der Waals surface area contributed by atoms with Crippen LogP contribution < -0.4 is 21.7 Å². The van der Waals surface area contributed by atoms with Crippen molar-refractivity contribution in [2.75, 3.05) is 27.2 Å². The second kappa shape index (κ2) is 25.6. The van der Waals surface area contributed by atoms with Crippen LogP contribution in [0.4, 0.5) is 0 Å². The maximum Gasteiger partial charge on any atom is 0.336 e. The van der Waals surface area contributed by atoms with Crippen molar-refractivity contribution >= 4 is 47.3 Å². The largest absolute Gasteiger partial charge is 0.478 e. The molecule has 18 nitrogen and oxygen atoms in total. The number of carboxylic acids is 1. The fourth-order valence-corrected chi connectivity index (χ4v) is 8.94. The van der Waals surface area contributed by atoms with Gasteiger partial charge in [-0.1, -0.05) is 77.5 Å². The molecule has 3 aliphatic rings. The zero-order valence-electron chi connectivity index (χ0n) is 37.9. The molecule has 0 spiro atoms. The number of nitrogens with two attached hydrogens (primary N) is 1. The zero-order valence-corrected chi connectivity index (χ0v) is 37.9. The summed E-state index contributed by atoms with van der Waals surface area (Å²) in [4.78, 5) is 116. The molecule has 1 aromatic rings. The molecule has 4 rings (SSSR count). The molecule has 354 valence electrons. The van der Waals surface area contributed by atoms with E-state index in [0.29, 0.717) is 19.4 Å².